The highest BCUT2D eigenvalue weighted by Gasteiger charge is 2.46. The van der Waals surface area contributed by atoms with Crippen molar-refractivity contribution in [1.82, 2.24) is 0 Å². The average Bonchev–Trinajstić information content (AvgIpc) is 2.93. The Morgan fingerprint density at radius 1 is 0.927 bits per heavy atom. The summed E-state index contributed by atoms with van der Waals surface area (Å²) in [6, 6.07) is 3.34. The molecule has 12 heteroatoms. The first-order chi connectivity index (χ1) is 19.5. The minimum Gasteiger partial charge on any atom is -0.391 e. The molecule has 6 N–H and O–H groups in total. The van der Waals surface area contributed by atoms with Gasteiger partial charge in [0.1, 0.15) is 0 Å². The molecule has 3 fully saturated rings. The number of azo groups is 2. The van der Waals surface area contributed by atoms with Crippen molar-refractivity contribution in [2.75, 3.05) is 7.11 Å². The molecule has 0 spiro atoms. The van der Waals surface area contributed by atoms with E-state index >= 15 is 0 Å². The van der Waals surface area contributed by atoms with E-state index in [4.69, 9.17) is 16.2 Å². The minimum atomic E-state index is -4.23. The molecule has 0 heterocycles. The van der Waals surface area contributed by atoms with Gasteiger partial charge in [-0.15, -0.1) is 0 Å². The number of hydrogen-bond acceptors (Lipinski definition) is 10. The molecule has 4 aliphatic carbocycles. The fourth-order valence-corrected chi connectivity index (χ4v) is 8.48. The Kier molecular flexibility index (Phi) is 9.27. The minimum absolute atomic E-state index is 0.0764. The molecule has 1 aromatic rings. The second-order valence-corrected chi connectivity index (χ2v) is 14.7. The first-order valence-corrected chi connectivity index (χ1v) is 16.6. The molecule has 0 saturated heterocycles. The Hall–Kier alpha value is -1.83. The van der Waals surface area contributed by atoms with E-state index in [0.29, 0.717) is 35.2 Å². The van der Waals surface area contributed by atoms with Gasteiger partial charge in [-0.2, -0.15) is 28.9 Å². The van der Waals surface area contributed by atoms with Crippen LogP contribution in [0.4, 0.5) is 11.4 Å². The fraction of sp³-hybridized carbons (Fsp3) is 0.793. The number of rotatable bonds is 6. The van der Waals surface area contributed by atoms with Crippen molar-refractivity contribution in [3.05, 3.63) is 23.3 Å². The summed E-state index contributed by atoms with van der Waals surface area (Å²) in [6.07, 6.45) is 5.25. The highest BCUT2D eigenvalue weighted by atomic mass is 32.2. The monoisotopic (exact) mass is 590 g/mol. The zero-order valence-corrected chi connectivity index (χ0v) is 25.2. The van der Waals surface area contributed by atoms with Crippen LogP contribution in [0.2, 0.25) is 0 Å². The van der Waals surface area contributed by atoms with E-state index in [1.807, 2.05) is 6.07 Å². The number of ether oxygens (including phenoxy) is 1. The molecule has 0 bridgehead atoms. The van der Waals surface area contributed by atoms with Crippen LogP contribution in [-0.2, 0) is 27.7 Å². The second kappa shape index (κ2) is 12.4. The smallest absolute Gasteiger partial charge is 0.268 e. The summed E-state index contributed by atoms with van der Waals surface area (Å²) in [6.45, 7) is 4.30. The molecule has 5 rings (SSSR count). The number of fused-ring (bicyclic) bond motifs is 2. The van der Waals surface area contributed by atoms with Gasteiger partial charge < -0.3 is 21.3 Å². The van der Waals surface area contributed by atoms with Crippen molar-refractivity contribution in [2.24, 2.45) is 55.6 Å². The summed E-state index contributed by atoms with van der Waals surface area (Å²) in [5.74, 6) is 1.14. The van der Waals surface area contributed by atoms with E-state index in [-0.39, 0.29) is 54.9 Å². The molecule has 11 nitrogen and oxygen atoms in total. The first-order valence-electron chi connectivity index (χ1n) is 15.1. The lowest BCUT2D eigenvalue weighted by Crippen LogP contribution is -2.52. The van der Waals surface area contributed by atoms with Crippen LogP contribution in [0.3, 0.4) is 0 Å². The number of nitrogens with zero attached hydrogens (tertiary/aromatic N) is 4. The van der Waals surface area contributed by atoms with Gasteiger partial charge in [-0.25, -0.2) is 0 Å². The van der Waals surface area contributed by atoms with Gasteiger partial charge in [-0.3, -0.25) is 4.55 Å². The number of nitrogens with two attached hydrogens (primary N) is 2. The molecular weight excluding hydrogens is 544 g/mol. The summed E-state index contributed by atoms with van der Waals surface area (Å²) in [5, 5.41) is 28.9. The molecule has 0 aromatic heterocycles. The molecule has 0 aliphatic heterocycles. The van der Waals surface area contributed by atoms with Crippen molar-refractivity contribution >= 4 is 21.5 Å². The van der Waals surface area contributed by atoms with E-state index in [9.17, 15) is 18.1 Å². The molecule has 228 valence electrons. The SMILES string of the molecule is COC1CC(N)CCC1N=Nc1ccc(N=NC2C(C)CC3CC(C)C(N)CC3C2O)c2c1CCC(S(=O)(=O)O)C2. The van der Waals surface area contributed by atoms with Gasteiger partial charge in [0.05, 0.1) is 40.9 Å². The van der Waals surface area contributed by atoms with Crippen molar-refractivity contribution in [1.29, 1.82) is 0 Å². The number of hydrogen-bond donors (Lipinski definition) is 4. The summed E-state index contributed by atoms with van der Waals surface area (Å²) < 4.78 is 39.6. The molecule has 1 aromatic carbocycles. The van der Waals surface area contributed by atoms with Crippen LogP contribution in [-0.4, -0.2) is 66.8 Å². The normalized spacial score (nSPS) is 40.0. The van der Waals surface area contributed by atoms with E-state index in [0.717, 1.165) is 44.1 Å². The Balaban J connectivity index is 1.42. The van der Waals surface area contributed by atoms with Crippen LogP contribution in [0.5, 0.6) is 0 Å². The number of aliphatic hydroxyl groups is 1. The molecule has 3 saturated carbocycles. The van der Waals surface area contributed by atoms with Crippen molar-refractivity contribution < 1.29 is 22.8 Å². The zero-order valence-electron chi connectivity index (χ0n) is 24.3. The van der Waals surface area contributed by atoms with Gasteiger partial charge in [0, 0.05) is 19.2 Å². The largest absolute Gasteiger partial charge is 0.391 e. The molecule has 41 heavy (non-hydrogen) atoms. The lowest BCUT2D eigenvalue weighted by atomic mass is 9.61. The molecular formula is C29H46N6O5S. The summed E-state index contributed by atoms with van der Waals surface area (Å²) in [4.78, 5) is 0. The molecule has 0 amide bonds. The third-order valence-electron chi connectivity index (χ3n) is 10.3. The maximum absolute atomic E-state index is 12.1. The highest BCUT2D eigenvalue weighted by Crippen LogP contribution is 2.46. The summed E-state index contributed by atoms with van der Waals surface area (Å²) >= 11 is 0. The Morgan fingerprint density at radius 3 is 2.32 bits per heavy atom. The van der Waals surface area contributed by atoms with Crippen molar-refractivity contribution in [3.63, 3.8) is 0 Å². The summed E-state index contributed by atoms with van der Waals surface area (Å²) in [5.41, 5.74) is 15.3. The first kappa shape index (κ1) is 30.6. The van der Waals surface area contributed by atoms with E-state index < -0.39 is 21.5 Å². The van der Waals surface area contributed by atoms with Gasteiger partial charge >= 0.3 is 0 Å². The number of aliphatic hydroxyl groups excluding tert-OH is 1. The third kappa shape index (κ3) is 6.57. The third-order valence-corrected chi connectivity index (χ3v) is 11.5. The van der Waals surface area contributed by atoms with Crippen molar-refractivity contribution in [3.8, 4) is 0 Å². The Bertz CT molecular complexity index is 1260. The van der Waals surface area contributed by atoms with Crippen LogP contribution in [0.1, 0.15) is 69.9 Å². The molecule has 0 radical (unpaired) electrons. The Labute approximate surface area is 243 Å². The predicted molar refractivity (Wildman–Crippen MR) is 156 cm³/mol. The van der Waals surface area contributed by atoms with Gasteiger partial charge in [0.25, 0.3) is 10.1 Å². The van der Waals surface area contributed by atoms with Gasteiger partial charge in [0.2, 0.25) is 0 Å². The van der Waals surface area contributed by atoms with Crippen LogP contribution >= 0.6 is 0 Å². The van der Waals surface area contributed by atoms with Crippen LogP contribution in [0.25, 0.3) is 0 Å². The van der Waals surface area contributed by atoms with Gasteiger partial charge in [-0.1, -0.05) is 13.8 Å². The topological polar surface area (TPSA) is 185 Å². The van der Waals surface area contributed by atoms with E-state index in [1.54, 1.807) is 13.2 Å². The van der Waals surface area contributed by atoms with Crippen LogP contribution in [0, 0.1) is 23.7 Å². The van der Waals surface area contributed by atoms with Crippen LogP contribution in [0.15, 0.2) is 32.6 Å². The lowest BCUT2D eigenvalue weighted by Gasteiger charge is -2.48. The summed E-state index contributed by atoms with van der Waals surface area (Å²) in [7, 11) is -2.56. The average molecular weight is 591 g/mol. The van der Waals surface area contributed by atoms with Gasteiger partial charge in [-0.05, 0) is 105 Å². The maximum atomic E-state index is 12.1. The lowest BCUT2D eigenvalue weighted by molar-refractivity contribution is -0.0408. The molecule has 11 atom stereocenters. The molecule has 11 unspecified atom stereocenters. The number of methoxy groups -OCH3 is 1. The van der Waals surface area contributed by atoms with Crippen LogP contribution < -0.4 is 11.5 Å². The fourth-order valence-electron chi connectivity index (χ4n) is 7.69. The van der Waals surface area contributed by atoms with Gasteiger partial charge in [0.15, 0.2) is 0 Å². The standard InChI is InChI=1S/C29H46N6O5S/c1-15-10-17-11-16(2)28(29(36)21(17)14-23(15)31)35-33-25-9-8-24(20-6-5-19(13-22(20)25)41(37,38)39)32-34-26-7-4-18(30)12-27(26)40-3/h8-9,15-19,21,23,26-29,36H,4-7,10-14,30-31H2,1-3H3,(H,37,38,39). The van der Waals surface area contributed by atoms with Crippen molar-refractivity contribution in [2.45, 2.75) is 113 Å². The number of benzene rings is 1. The maximum Gasteiger partial charge on any atom is 0.268 e. The Morgan fingerprint density at radius 2 is 1.61 bits per heavy atom. The highest BCUT2D eigenvalue weighted by molar-refractivity contribution is 7.86. The second-order valence-electron chi connectivity index (χ2n) is 13.0. The zero-order chi connectivity index (χ0) is 29.5. The molecule has 4 aliphatic rings. The quantitative estimate of drug-likeness (QED) is 0.282. The van der Waals surface area contributed by atoms with E-state index in [2.05, 4.69) is 34.3 Å². The van der Waals surface area contributed by atoms with E-state index in [1.165, 1.54) is 0 Å². The predicted octanol–water partition coefficient (Wildman–Crippen LogP) is 4.25.